The second kappa shape index (κ2) is 6.73. The SMILES string of the molecule is COc1ccc(NC(=O)c2c(F)c(F)c(F)c(F)c2F)cc1OC. The van der Waals surface area contributed by atoms with Crippen LogP contribution in [0.5, 0.6) is 11.5 Å². The van der Waals surface area contributed by atoms with Crippen molar-refractivity contribution in [3.05, 3.63) is 52.8 Å². The highest BCUT2D eigenvalue weighted by Gasteiger charge is 2.29. The fourth-order valence-electron chi connectivity index (χ4n) is 1.91. The summed E-state index contributed by atoms with van der Waals surface area (Å²) in [6.45, 7) is 0. The van der Waals surface area contributed by atoms with Gasteiger partial charge in [0.1, 0.15) is 5.56 Å². The van der Waals surface area contributed by atoms with Gasteiger partial charge in [-0.2, -0.15) is 0 Å². The molecule has 4 nitrogen and oxygen atoms in total. The minimum absolute atomic E-state index is 0.00147. The van der Waals surface area contributed by atoms with Gasteiger partial charge in [-0.1, -0.05) is 0 Å². The second-order valence-electron chi connectivity index (χ2n) is 4.47. The molecule has 1 amide bonds. The van der Waals surface area contributed by atoms with Gasteiger partial charge in [0.05, 0.1) is 14.2 Å². The number of carbonyl (C=O) groups excluding carboxylic acids is 1. The van der Waals surface area contributed by atoms with Crippen molar-refractivity contribution < 1.29 is 36.2 Å². The van der Waals surface area contributed by atoms with Crippen molar-refractivity contribution in [1.29, 1.82) is 0 Å². The van der Waals surface area contributed by atoms with Crippen molar-refractivity contribution in [1.82, 2.24) is 0 Å². The van der Waals surface area contributed by atoms with Gasteiger partial charge in [0.2, 0.25) is 5.82 Å². The number of benzene rings is 2. The molecule has 0 aliphatic rings. The quantitative estimate of drug-likeness (QED) is 0.522. The summed E-state index contributed by atoms with van der Waals surface area (Å²) in [4.78, 5) is 11.9. The van der Waals surface area contributed by atoms with E-state index in [0.717, 1.165) is 0 Å². The zero-order chi connectivity index (χ0) is 18.0. The van der Waals surface area contributed by atoms with E-state index in [1.54, 1.807) is 0 Å². The Morgan fingerprint density at radius 3 is 1.83 bits per heavy atom. The van der Waals surface area contributed by atoms with Crippen LogP contribution >= 0.6 is 0 Å². The highest BCUT2D eigenvalue weighted by atomic mass is 19.2. The molecule has 1 N–H and O–H groups in total. The molecule has 0 radical (unpaired) electrons. The van der Waals surface area contributed by atoms with Gasteiger partial charge in [-0.3, -0.25) is 4.79 Å². The first kappa shape index (κ1) is 17.5. The van der Waals surface area contributed by atoms with Crippen LogP contribution in [-0.2, 0) is 0 Å². The van der Waals surface area contributed by atoms with Crippen LogP contribution in [0.4, 0.5) is 27.6 Å². The van der Waals surface area contributed by atoms with Crippen LogP contribution < -0.4 is 14.8 Å². The summed E-state index contributed by atoms with van der Waals surface area (Å²) in [5.74, 6) is -12.2. The van der Waals surface area contributed by atoms with Gasteiger partial charge in [-0.25, -0.2) is 22.0 Å². The molecular formula is C15H10F5NO3. The van der Waals surface area contributed by atoms with Crippen LogP contribution in [0.3, 0.4) is 0 Å². The van der Waals surface area contributed by atoms with Crippen molar-refractivity contribution in [2.45, 2.75) is 0 Å². The number of amides is 1. The molecular weight excluding hydrogens is 337 g/mol. The minimum Gasteiger partial charge on any atom is -0.493 e. The summed E-state index contributed by atoms with van der Waals surface area (Å²) < 4.78 is 76.4. The largest absolute Gasteiger partial charge is 0.493 e. The smallest absolute Gasteiger partial charge is 0.261 e. The molecule has 0 aliphatic carbocycles. The molecule has 2 aromatic carbocycles. The maximum absolute atomic E-state index is 13.6. The number of carbonyl (C=O) groups is 1. The Morgan fingerprint density at radius 2 is 1.33 bits per heavy atom. The van der Waals surface area contributed by atoms with Crippen molar-refractivity contribution in [3.63, 3.8) is 0 Å². The molecule has 0 aliphatic heterocycles. The first-order valence-electron chi connectivity index (χ1n) is 6.36. The average Bonchev–Trinajstić information content (AvgIpc) is 2.58. The Morgan fingerprint density at radius 1 is 0.833 bits per heavy atom. The number of nitrogens with one attached hydrogen (secondary N) is 1. The van der Waals surface area contributed by atoms with Gasteiger partial charge < -0.3 is 14.8 Å². The molecule has 2 rings (SSSR count). The third-order valence-electron chi connectivity index (χ3n) is 3.08. The number of halogens is 5. The molecule has 0 fully saturated rings. The summed E-state index contributed by atoms with van der Waals surface area (Å²) in [5.41, 5.74) is -1.58. The molecule has 0 saturated carbocycles. The van der Waals surface area contributed by atoms with Gasteiger partial charge in [-0.05, 0) is 12.1 Å². The van der Waals surface area contributed by atoms with E-state index in [9.17, 15) is 26.7 Å². The van der Waals surface area contributed by atoms with E-state index in [1.807, 2.05) is 5.32 Å². The molecule has 0 aromatic heterocycles. The second-order valence-corrected chi connectivity index (χ2v) is 4.47. The Hall–Kier alpha value is -2.84. The molecule has 24 heavy (non-hydrogen) atoms. The van der Waals surface area contributed by atoms with E-state index in [-0.39, 0.29) is 11.4 Å². The van der Waals surface area contributed by atoms with E-state index < -0.39 is 40.6 Å². The maximum Gasteiger partial charge on any atom is 0.261 e. The maximum atomic E-state index is 13.6. The van der Waals surface area contributed by atoms with Crippen molar-refractivity contribution in [2.75, 3.05) is 19.5 Å². The lowest BCUT2D eigenvalue weighted by atomic mass is 10.1. The van der Waals surface area contributed by atoms with Crippen molar-refractivity contribution >= 4 is 11.6 Å². The van der Waals surface area contributed by atoms with Crippen molar-refractivity contribution in [2.24, 2.45) is 0 Å². The summed E-state index contributed by atoms with van der Waals surface area (Å²) in [6.07, 6.45) is 0. The van der Waals surface area contributed by atoms with Crippen LogP contribution in [0.25, 0.3) is 0 Å². The van der Waals surface area contributed by atoms with Gasteiger partial charge in [-0.15, -0.1) is 0 Å². The lowest BCUT2D eigenvalue weighted by Gasteiger charge is -2.12. The number of rotatable bonds is 4. The molecule has 0 saturated heterocycles. The molecule has 9 heteroatoms. The third-order valence-corrected chi connectivity index (χ3v) is 3.08. The number of ether oxygens (including phenoxy) is 2. The third kappa shape index (κ3) is 2.97. The van der Waals surface area contributed by atoms with Crippen LogP contribution in [0.1, 0.15) is 10.4 Å². The topological polar surface area (TPSA) is 47.6 Å². The highest BCUT2D eigenvalue weighted by Crippen LogP contribution is 2.30. The summed E-state index contributed by atoms with van der Waals surface area (Å²) >= 11 is 0. The molecule has 2 aromatic rings. The molecule has 0 heterocycles. The molecule has 0 atom stereocenters. The predicted molar refractivity (Wildman–Crippen MR) is 73.7 cm³/mol. The monoisotopic (exact) mass is 347 g/mol. The fraction of sp³-hybridized carbons (Fsp3) is 0.133. The van der Waals surface area contributed by atoms with Gasteiger partial charge in [0.25, 0.3) is 5.91 Å². The zero-order valence-corrected chi connectivity index (χ0v) is 12.3. The predicted octanol–water partition coefficient (Wildman–Crippen LogP) is 3.65. The number of hydrogen-bond acceptors (Lipinski definition) is 3. The minimum atomic E-state index is -2.34. The Kier molecular flexibility index (Phi) is 4.91. The lowest BCUT2D eigenvalue weighted by molar-refractivity contribution is 0.101. The highest BCUT2D eigenvalue weighted by molar-refractivity contribution is 6.04. The lowest BCUT2D eigenvalue weighted by Crippen LogP contribution is -2.19. The number of hydrogen-bond donors (Lipinski definition) is 1. The van der Waals surface area contributed by atoms with Crippen LogP contribution in [-0.4, -0.2) is 20.1 Å². The van der Waals surface area contributed by atoms with Crippen LogP contribution in [0.2, 0.25) is 0 Å². The Bertz CT molecular complexity index is 781. The van der Waals surface area contributed by atoms with E-state index >= 15 is 0 Å². The molecule has 128 valence electrons. The van der Waals surface area contributed by atoms with Crippen molar-refractivity contribution in [3.8, 4) is 11.5 Å². The first-order chi connectivity index (χ1) is 11.3. The standard InChI is InChI=1S/C15H10F5NO3/c1-23-7-4-3-6(5-8(7)24-2)21-15(22)9-10(16)12(18)14(20)13(19)11(9)17/h3-5H,1-2H3,(H,21,22). The zero-order valence-electron chi connectivity index (χ0n) is 12.3. The molecule has 0 unspecified atom stereocenters. The molecule has 0 bridgehead atoms. The fourth-order valence-corrected chi connectivity index (χ4v) is 1.91. The van der Waals surface area contributed by atoms with Gasteiger partial charge in [0, 0.05) is 11.8 Å². The summed E-state index contributed by atoms with van der Waals surface area (Å²) in [5, 5.41) is 2.03. The van der Waals surface area contributed by atoms with Crippen LogP contribution in [0, 0.1) is 29.1 Å². The number of methoxy groups -OCH3 is 2. The number of anilines is 1. The Labute approximate surface area is 132 Å². The Balaban J connectivity index is 2.41. The van der Waals surface area contributed by atoms with Gasteiger partial charge in [0.15, 0.2) is 34.8 Å². The average molecular weight is 347 g/mol. The van der Waals surface area contributed by atoms with Gasteiger partial charge >= 0.3 is 0 Å². The van der Waals surface area contributed by atoms with E-state index in [2.05, 4.69) is 0 Å². The van der Waals surface area contributed by atoms with E-state index in [0.29, 0.717) is 5.75 Å². The van der Waals surface area contributed by atoms with Crippen LogP contribution in [0.15, 0.2) is 18.2 Å². The normalized spacial score (nSPS) is 10.5. The summed E-state index contributed by atoms with van der Waals surface area (Å²) in [7, 11) is 2.68. The summed E-state index contributed by atoms with van der Waals surface area (Å²) in [6, 6.07) is 3.93. The van der Waals surface area contributed by atoms with E-state index in [4.69, 9.17) is 9.47 Å². The van der Waals surface area contributed by atoms with E-state index in [1.165, 1.54) is 32.4 Å². The molecule has 0 spiro atoms. The first-order valence-corrected chi connectivity index (χ1v) is 6.36.